The van der Waals surface area contributed by atoms with Crippen molar-refractivity contribution in [3.63, 3.8) is 0 Å². The van der Waals surface area contributed by atoms with Gasteiger partial charge in [-0.1, -0.05) is 193 Å². The van der Waals surface area contributed by atoms with Crippen LogP contribution in [0.5, 0.6) is 0 Å². The molecule has 0 fully saturated rings. The molecule has 0 aliphatic carbocycles. The number of thioether (sulfide) groups is 1. The highest BCUT2D eigenvalue weighted by atomic mass is 32.2. The van der Waals surface area contributed by atoms with Crippen LogP contribution in [0.2, 0.25) is 0 Å². The number of unbranched alkanes of at least 4 members (excludes halogenated alkanes) is 26. The monoisotopic (exact) mass is 1250 g/mol. The molecule has 20 nitrogen and oxygen atoms in total. The van der Waals surface area contributed by atoms with Gasteiger partial charge in [-0.05, 0) is 88.8 Å². The summed E-state index contributed by atoms with van der Waals surface area (Å²) in [6, 6.07) is 6.08. The van der Waals surface area contributed by atoms with Gasteiger partial charge in [-0.3, -0.25) is 28.5 Å². The summed E-state index contributed by atoms with van der Waals surface area (Å²) < 4.78 is 13.0. The largest absolute Gasteiger partial charge is 0.462 e. The van der Waals surface area contributed by atoms with Crippen molar-refractivity contribution in [2.75, 3.05) is 81.5 Å². The van der Waals surface area contributed by atoms with E-state index in [0.29, 0.717) is 66.7 Å². The molecule has 0 spiro atoms. The van der Waals surface area contributed by atoms with Gasteiger partial charge in [-0.15, -0.1) is 0 Å². The van der Waals surface area contributed by atoms with Gasteiger partial charge in [0, 0.05) is 49.5 Å². The first-order valence-corrected chi connectivity index (χ1v) is 35.6. The topological polar surface area (TPSA) is 292 Å². The molecule has 2 atom stereocenters. The number of H-pyrrole nitrogens is 1. The van der Waals surface area contributed by atoms with Gasteiger partial charge in [0.25, 0.3) is 5.91 Å². The van der Waals surface area contributed by atoms with Gasteiger partial charge in [-0.2, -0.15) is 21.7 Å². The summed E-state index contributed by atoms with van der Waals surface area (Å²) in [6.07, 6.45) is 37.6. The lowest BCUT2D eigenvalue weighted by Gasteiger charge is -2.19. The minimum Gasteiger partial charge on any atom is -0.462 e. The second-order valence-corrected chi connectivity index (χ2v) is 24.9. The smallest absolute Gasteiger partial charge is 0.328 e. The maximum absolute atomic E-state index is 13.0. The lowest BCUT2D eigenvalue weighted by atomic mass is 10.0. The van der Waals surface area contributed by atoms with E-state index in [1.54, 1.807) is 24.3 Å². The van der Waals surface area contributed by atoms with E-state index >= 15 is 0 Å². The zero-order valence-corrected chi connectivity index (χ0v) is 55.5. The first-order chi connectivity index (χ1) is 42.9. The number of nitrogens with one attached hydrogen (secondary N) is 7. The Morgan fingerprint density at radius 1 is 0.568 bits per heavy atom. The Morgan fingerprint density at radius 3 is 1.61 bits per heavy atom. The molecule has 3 rings (SSSR count). The minimum absolute atomic E-state index is 0.00195. The normalized spacial score (nSPS) is 12.0. The summed E-state index contributed by atoms with van der Waals surface area (Å²) in [6.45, 7) is 11.5. The molecule has 88 heavy (non-hydrogen) atoms. The first kappa shape index (κ1) is 77.0. The zero-order chi connectivity index (χ0) is 63.5. The highest BCUT2D eigenvalue weighted by Crippen LogP contribution is 2.20. The van der Waals surface area contributed by atoms with Crippen molar-refractivity contribution < 1.29 is 33.4 Å². The molecule has 0 bridgehead atoms. The lowest BCUT2D eigenvalue weighted by Crippen LogP contribution is -2.43. The number of ether oxygens (including phenoxy) is 2. The van der Waals surface area contributed by atoms with E-state index in [0.717, 1.165) is 109 Å². The van der Waals surface area contributed by atoms with Crippen LogP contribution in [0.15, 0.2) is 29.1 Å². The minimum atomic E-state index is -0.725. The molecule has 0 saturated carbocycles. The second-order valence-electron chi connectivity index (χ2n) is 23.8. The standard InChI is InChI=1S/C67H118N12O8S/c1-4-7-10-12-14-16-18-20-22-24-26-28-30-36-59(81)86-51-56(87-60(82)37-31-29-27-25-23-21-19-17-15-13-11-8-5-2)52-88-53-57(68)65(84)73-48-35-45-71-43-33-32-42-70-44-34-47-72-58(80)49-75-64(83)55-40-38-54(39-41-55)50-79-63-61(76-67(79)85)62(69)77-66(78-63)74-46-9-6-3/h38-41,56-57,70-71H,4-37,42-53,68H2,1-3H3,(H,72,80)(H,73,84)(H,75,83)(H,76,85)(H3,69,74,77,78). The quantitative estimate of drug-likeness (QED) is 0.0187. The molecule has 0 aliphatic heterocycles. The van der Waals surface area contributed by atoms with E-state index in [9.17, 15) is 28.8 Å². The van der Waals surface area contributed by atoms with Gasteiger partial charge in [0.2, 0.25) is 17.8 Å². The van der Waals surface area contributed by atoms with Crippen LogP contribution in [0, 0.1) is 0 Å². The molecular formula is C67H118N12O8S. The third-order valence-electron chi connectivity index (χ3n) is 15.7. The number of nitrogens with two attached hydrogens (primary N) is 2. The molecule has 21 heteroatoms. The number of esters is 2. The molecule has 0 saturated heterocycles. The van der Waals surface area contributed by atoms with Gasteiger partial charge in [-0.25, -0.2) is 4.79 Å². The Kier molecular flexibility index (Phi) is 45.0. The number of imidazole rings is 1. The molecule has 1 aromatic carbocycles. The van der Waals surface area contributed by atoms with Crippen molar-refractivity contribution in [3.05, 3.63) is 45.9 Å². The Hall–Kier alpha value is -5.25. The average Bonchev–Trinajstić information content (AvgIpc) is 3.58. The van der Waals surface area contributed by atoms with E-state index in [2.05, 4.69) is 67.6 Å². The van der Waals surface area contributed by atoms with Gasteiger partial charge < -0.3 is 57.8 Å². The maximum atomic E-state index is 13.0. The number of benzene rings is 1. The molecule has 2 aromatic heterocycles. The number of aromatic amines is 1. The molecular weight excluding hydrogens is 1130 g/mol. The van der Waals surface area contributed by atoms with Crippen LogP contribution in [0.1, 0.15) is 255 Å². The number of fused-ring (bicyclic) bond motifs is 1. The van der Waals surface area contributed by atoms with Crippen LogP contribution in [-0.4, -0.2) is 132 Å². The fraction of sp³-hybridized carbons (Fsp3) is 0.761. The summed E-state index contributed by atoms with van der Waals surface area (Å²) in [5.41, 5.74) is 13.9. The Balaban J connectivity index is 1.21. The summed E-state index contributed by atoms with van der Waals surface area (Å²) in [5, 5.41) is 18.4. The van der Waals surface area contributed by atoms with Crippen molar-refractivity contribution in [2.24, 2.45) is 5.73 Å². The molecule has 2 unspecified atom stereocenters. The van der Waals surface area contributed by atoms with Crippen molar-refractivity contribution >= 4 is 64.4 Å². The maximum Gasteiger partial charge on any atom is 0.328 e. The van der Waals surface area contributed by atoms with E-state index in [1.807, 2.05) is 0 Å². The fourth-order valence-corrected chi connectivity index (χ4v) is 11.2. The third kappa shape index (κ3) is 37.7. The third-order valence-corrected chi connectivity index (χ3v) is 16.9. The number of hydrogen-bond donors (Lipinski definition) is 9. The van der Waals surface area contributed by atoms with E-state index in [-0.39, 0.29) is 60.9 Å². The molecule has 0 radical (unpaired) electrons. The fourth-order valence-electron chi connectivity index (χ4n) is 10.3. The molecule has 2 heterocycles. The van der Waals surface area contributed by atoms with Crippen LogP contribution in [-0.2, 0) is 35.2 Å². The van der Waals surface area contributed by atoms with Crippen molar-refractivity contribution in [3.8, 4) is 0 Å². The highest BCUT2D eigenvalue weighted by Gasteiger charge is 2.21. The van der Waals surface area contributed by atoms with E-state index in [4.69, 9.17) is 20.9 Å². The summed E-state index contributed by atoms with van der Waals surface area (Å²) in [5.74, 6) is -0.158. The summed E-state index contributed by atoms with van der Waals surface area (Å²) >= 11 is 1.43. The Bertz CT molecular complexity index is 2370. The highest BCUT2D eigenvalue weighted by molar-refractivity contribution is 7.99. The molecule has 0 aliphatic rings. The number of aromatic nitrogens is 4. The van der Waals surface area contributed by atoms with E-state index < -0.39 is 12.1 Å². The summed E-state index contributed by atoms with van der Waals surface area (Å²) in [7, 11) is 0. The van der Waals surface area contributed by atoms with Crippen LogP contribution in [0.25, 0.3) is 11.2 Å². The molecule has 3 amide bonds. The number of anilines is 2. The zero-order valence-electron chi connectivity index (χ0n) is 54.7. The van der Waals surface area contributed by atoms with Crippen LogP contribution >= 0.6 is 11.8 Å². The molecule has 11 N–H and O–H groups in total. The van der Waals surface area contributed by atoms with E-state index in [1.165, 1.54) is 145 Å². The van der Waals surface area contributed by atoms with Gasteiger partial charge in [0.1, 0.15) is 18.2 Å². The van der Waals surface area contributed by atoms with Gasteiger partial charge in [0.05, 0.1) is 19.1 Å². The number of carbonyl (C=O) groups is 5. The SMILES string of the molecule is CCCCCCCCCCCCCCCC(=O)OCC(CSCC(N)C(=O)NCCCNCCCCNCCCNC(=O)CNC(=O)c1ccc(Cn2c(=O)[nH]c3c(N)nc(NCCCC)nc32)cc1)OC(=O)CCCCCCCCCCCCCCC. The Labute approximate surface area is 532 Å². The van der Waals surface area contributed by atoms with Crippen LogP contribution < -0.4 is 49.1 Å². The predicted octanol–water partition coefficient (Wildman–Crippen LogP) is 11.1. The van der Waals surface area contributed by atoms with Gasteiger partial charge >= 0.3 is 17.6 Å². The molecule has 500 valence electrons. The van der Waals surface area contributed by atoms with Crippen molar-refractivity contribution in [1.29, 1.82) is 0 Å². The van der Waals surface area contributed by atoms with Crippen LogP contribution in [0.3, 0.4) is 0 Å². The van der Waals surface area contributed by atoms with Crippen LogP contribution in [0.4, 0.5) is 11.8 Å². The number of carbonyl (C=O) groups excluding carboxylic acids is 5. The average molecular weight is 1250 g/mol. The number of hydrogen-bond acceptors (Lipinski definition) is 16. The summed E-state index contributed by atoms with van der Waals surface area (Å²) in [4.78, 5) is 88.1. The van der Waals surface area contributed by atoms with Crippen molar-refractivity contribution in [1.82, 2.24) is 46.1 Å². The lowest BCUT2D eigenvalue weighted by molar-refractivity contribution is -0.157. The first-order valence-electron chi connectivity index (χ1n) is 34.5. The number of amides is 3. The number of nitrogen functional groups attached to an aromatic ring is 1. The van der Waals surface area contributed by atoms with Crippen molar-refractivity contribution in [2.45, 2.75) is 258 Å². The van der Waals surface area contributed by atoms with Gasteiger partial charge in [0.15, 0.2) is 11.5 Å². The second kappa shape index (κ2) is 51.5. The Morgan fingerprint density at radius 2 is 1.07 bits per heavy atom. The number of rotatable bonds is 58. The number of nitrogens with zero attached hydrogens (tertiary/aromatic N) is 3. The molecule has 3 aromatic rings. The predicted molar refractivity (Wildman–Crippen MR) is 361 cm³/mol.